The van der Waals surface area contributed by atoms with E-state index in [1.807, 2.05) is 55.5 Å². The van der Waals surface area contributed by atoms with Crippen molar-refractivity contribution in [2.24, 2.45) is 0 Å². The average molecular weight is 527 g/mol. The van der Waals surface area contributed by atoms with Gasteiger partial charge in [0.15, 0.2) is 0 Å². The topological polar surface area (TPSA) is 78.3 Å². The number of fused-ring (bicyclic) bond motifs is 1. The van der Waals surface area contributed by atoms with E-state index >= 15 is 0 Å². The normalized spacial score (nSPS) is 14.8. The second-order valence-electron chi connectivity index (χ2n) is 8.52. The summed E-state index contributed by atoms with van der Waals surface area (Å²) >= 11 is 7.89. The molecule has 1 aromatic heterocycles. The van der Waals surface area contributed by atoms with Gasteiger partial charge in [0, 0.05) is 22.0 Å². The molecule has 1 aliphatic heterocycles. The Labute approximate surface area is 221 Å². The first-order valence-corrected chi connectivity index (χ1v) is 13.6. The summed E-state index contributed by atoms with van der Waals surface area (Å²) in [6.07, 6.45) is 2.78. The highest BCUT2D eigenvalue weighted by atomic mass is 35.5. The maximum atomic E-state index is 13.3. The van der Waals surface area contributed by atoms with Crippen LogP contribution in [0.25, 0.3) is 0 Å². The number of ether oxygens (including phenoxy) is 2. The summed E-state index contributed by atoms with van der Waals surface area (Å²) in [5.74, 6) is 1.83. The zero-order chi connectivity index (χ0) is 25.5. The van der Waals surface area contributed by atoms with Crippen LogP contribution in [-0.2, 0) is 16.1 Å². The van der Waals surface area contributed by atoms with Crippen molar-refractivity contribution >= 4 is 35.3 Å². The smallest absolute Gasteiger partial charge is 0.338 e. The number of carbonyl (C=O) groups excluding carboxylic acids is 1. The van der Waals surface area contributed by atoms with Crippen molar-refractivity contribution < 1.29 is 14.3 Å². The highest BCUT2D eigenvalue weighted by Crippen LogP contribution is 2.38. The molecule has 0 saturated carbocycles. The molecule has 0 aliphatic carbocycles. The van der Waals surface area contributed by atoms with E-state index in [2.05, 4.69) is 24.1 Å². The second kappa shape index (κ2) is 12.3. The molecule has 2 heterocycles. The third-order valence-corrected chi connectivity index (χ3v) is 7.16. The average Bonchev–Trinajstić information content (AvgIpc) is 3.28. The van der Waals surface area contributed by atoms with Gasteiger partial charge in [-0.05, 0) is 43.5 Å². The largest absolute Gasteiger partial charge is 0.489 e. The summed E-state index contributed by atoms with van der Waals surface area (Å²) in [6, 6.07) is 14.8. The Hall–Kier alpha value is -2.97. The highest BCUT2D eigenvalue weighted by molar-refractivity contribution is 7.99. The molecule has 3 aromatic rings. The van der Waals surface area contributed by atoms with Crippen LogP contribution in [0.5, 0.6) is 5.75 Å². The van der Waals surface area contributed by atoms with E-state index in [1.54, 1.807) is 16.4 Å². The van der Waals surface area contributed by atoms with Crippen molar-refractivity contribution in [3.05, 3.63) is 76.0 Å². The van der Waals surface area contributed by atoms with Gasteiger partial charge in [0.1, 0.15) is 18.4 Å². The van der Waals surface area contributed by atoms with Gasteiger partial charge in [-0.2, -0.15) is 4.98 Å². The van der Waals surface area contributed by atoms with Gasteiger partial charge in [0.05, 0.1) is 12.2 Å². The molecule has 0 amide bonds. The molecule has 190 valence electrons. The van der Waals surface area contributed by atoms with E-state index in [9.17, 15) is 4.79 Å². The van der Waals surface area contributed by atoms with Gasteiger partial charge >= 0.3 is 5.97 Å². The number of aromatic nitrogens is 3. The van der Waals surface area contributed by atoms with Gasteiger partial charge in [-0.25, -0.2) is 9.48 Å². The van der Waals surface area contributed by atoms with Crippen LogP contribution in [0.3, 0.4) is 0 Å². The lowest BCUT2D eigenvalue weighted by atomic mass is 9.95. The maximum Gasteiger partial charge on any atom is 0.338 e. The van der Waals surface area contributed by atoms with Gasteiger partial charge in [0.2, 0.25) is 11.1 Å². The van der Waals surface area contributed by atoms with Crippen molar-refractivity contribution in [1.29, 1.82) is 0 Å². The molecule has 7 nitrogen and oxygen atoms in total. The van der Waals surface area contributed by atoms with Crippen molar-refractivity contribution in [3.8, 4) is 5.75 Å². The highest BCUT2D eigenvalue weighted by Gasteiger charge is 2.35. The second-order valence-corrected chi connectivity index (χ2v) is 9.99. The number of allylic oxidation sites excluding steroid dienone is 1. The van der Waals surface area contributed by atoms with Crippen molar-refractivity contribution in [2.75, 3.05) is 17.7 Å². The molecular weight excluding hydrogens is 496 g/mol. The molecule has 2 aromatic carbocycles. The molecule has 1 N–H and O–H groups in total. The molecule has 9 heteroatoms. The number of thioether (sulfide) groups is 1. The summed E-state index contributed by atoms with van der Waals surface area (Å²) in [4.78, 5) is 17.9. The first-order chi connectivity index (χ1) is 17.5. The van der Waals surface area contributed by atoms with Crippen LogP contribution in [0.15, 0.2) is 65.0 Å². The summed E-state index contributed by atoms with van der Waals surface area (Å²) in [5, 5.41) is 9.33. The Morgan fingerprint density at radius 1 is 1.17 bits per heavy atom. The van der Waals surface area contributed by atoms with Crippen LogP contribution in [0.2, 0.25) is 5.02 Å². The third-order valence-electron chi connectivity index (χ3n) is 5.75. The van der Waals surface area contributed by atoms with E-state index < -0.39 is 6.04 Å². The number of unbranched alkanes of at least 4 members (excludes halogenated alkanes) is 1. The molecular formula is C27H31ClN4O3S. The molecule has 36 heavy (non-hydrogen) atoms. The quantitative estimate of drug-likeness (QED) is 0.170. The van der Waals surface area contributed by atoms with Crippen LogP contribution < -0.4 is 10.1 Å². The number of hydrogen-bond donors (Lipinski definition) is 1. The zero-order valence-corrected chi connectivity index (χ0v) is 22.4. The molecule has 0 spiro atoms. The van der Waals surface area contributed by atoms with Crippen molar-refractivity contribution in [3.63, 3.8) is 0 Å². The van der Waals surface area contributed by atoms with Crippen LogP contribution in [-0.4, -0.2) is 33.1 Å². The predicted molar refractivity (Wildman–Crippen MR) is 144 cm³/mol. The van der Waals surface area contributed by atoms with E-state index in [1.165, 1.54) is 0 Å². The predicted octanol–water partition coefficient (Wildman–Crippen LogP) is 6.64. The SMILES string of the molecule is CCCCOC(=O)C1=C(C)Nc2nc(SCCC)nn2C1c1cccc(OCc2ccccc2Cl)c1. The fourth-order valence-electron chi connectivity index (χ4n) is 3.90. The molecule has 0 bridgehead atoms. The Morgan fingerprint density at radius 3 is 2.78 bits per heavy atom. The van der Waals surface area contributed by atoms with Gasteiger partial charge in [-0.15, -0.1) is 5.10 Å². The number of anilines is 1. The summed E-state index contributed by atoms with van der Waals surface area (Å²) < 4.78 is 13.5. The number of rotatable bonds is 11. The molecule has 0 fully saturated rings. The number of nitrogens with one attached hydrogen (secondary N) is 1. The van der Waals surface area contributed by atoms with Crippen LogP contribution in [0, 0.1) is 0 Å². The van der Waals surface area contributed by atoms with E-state index in [-0.39, 0.29) is 5.97 Å². The van der Waals surface area contributed by atoms with Gasteiger partial charge in [-0.1, -0.05) is 74.0 Å². The van der Waals surface area contributed by atoms with E-state index in [0.717, 1.165) is 36.1 Å². The minimum Gasteiger partial charge on any atom is -0.489 e. The molecule has 1 aliphatic rings. The number of carbonyl (C=O) groups is 1. The Morgan fingerprint density at radius 2 is 2.00 bits per heavy atom. The van der Waals surface area contributed by atoms with Crippen LogP contribution >= 0.6 is 23.4 Å². The summed E-state index contributed by atoms with van der Waals surface area (Å²) in [7, 11) is 0. The number of nitrogens with zero attached hydrogens (tertiary/aromatic N) is 3. The maximum absolute atomic E-state index is 13.3. The van der Waals surface area contributed by atoms with Crippen molar-refractivity contribution in [2.45, 2.75) is 57.8 Å². The van der Waals surface area contributed by atoms with Gasteiger partial charge < -0.3 is 14.8 Å². The van der Waals surface area contributed by atoms with Crippen molar-refractivity contribution in [1.82, 2.24) is 14.8 Å². The fraction of sp³-hybridized carbons (Fsp3) is 0.370. The first-order valence-electron chi connectivity index (χ1n) is 12.2. The Balaban J connectivity index is 1.67. The van der Waals surface area contributed by atoms with E-state index in [0.29, 0.717) is 46.4 Å². The number of esters is 1. The lowest BCUT2D eigenvalue weighted by molar-refractivity contribution is -0.139. The molecule has 0 radical (unpaired) electrons. The Bertz CT molecular complexity index is 1240. The number of benzene rings is 2. The molecule has 0 saturated heterocycles. The van der Waals surface area contributed by atoms with Crippen LogP contribution in [0.1, 0.15) is 57.2 Å². The first kappa shape index (κ1) is 26.1. The lowest BCUT2D eigenvalue weighted by Gasteiger charge is -2.28. The zero-order valence-electron chi connectivity index (χ0n) is 20.8. The Kier molecular flexibility index (Phi) is 8.93. The summed E-state index contributed by atoms with van der Waals surface area (Å²) in [5.41, 5.74) is 2.97. The molecule has 4 rings (SSSR count). The standard InChI is InChI=1S/C27H31ClN4O3S/c1-4-6-14-34-25(33)23-18(3)29-26-30-27(36-15-5-2)31-32(26)24(23)19-11-9-12-21(16-19)35-17-20-10-7-8-13-22(20)28/h7-13,16,24H,4-6,14-15,17H2,1-3H3,(H,29,30,31). The van der Waals surface area contributed by atoms with E-state index in [4.69, 9.17) is 26.2 Å². The minimum atomic E-state index is -0.497. The fourth-order valence-corrected chi connectivity index (χ4v) is 4.77. The third kappa shape index (κ3) is 6.05. The number of hydrogen-bond acceptors (Lipinski definition) is 7. The van der Waals surface area contributed by atoms with Gasteiger partial charge in [0.25, 0.3) is 0 Å². The lowest BCUT2D eigenvalue weighted by Crippen LogP contribution is -2.29. The summed E-state index contributed by atoms with van der Waals surface area (Å²) in [6.45, 7) is 6.77. The minimum absolute atomic E-state index is 0.336. The van der Waals surface area contributed by atoms with Gasteiger partial charge in [-0.3, -0.25) is 0 Å². The number of halogens is 1. The molecule has 1 unspecified atom stereocenters. The molecule has 1 atom stereocenters. The monoisotopic (exact) mass is 526 g/mol. The van der Waals surface area contributed by atoms with Crippen LogP contribution in [0.4, 0.5) is 5.95 Å².